The summed E-state index contributed by atoms with van der Waals surface area (Å²) in [6.07, 6.45) is 0. The molecule has 4 rings (SSSR count). The van der Waals surface area contributed by atoms with E-state index < -0.39 is 0 Å². The Balaban J connectivity index is 1.70. The SMILES string of the molecule is CCOc1ccc2ccccc2c1C(=O)Nc1ccc2c(c1)OCCO2. The van der Waals surface area contributed by atoms with Crippen molar-refractivity contribution in [3.63, 3.8) is 0 Å². The second-order valence-corrected chi connectivity index (χ2v) is 5.91. The van der Waals surface area contributed by atoms with Crippen LogP contribution in [0.5, 0.6) is 17.2 Å². The molecule has 0 saturated carbocycles. The van der Waals surface area contributed by atoms with E-state index in [0.29, 0.717) is 48.3 Å². The lowest BCUT2D eigenvalue weighted by Crippen LogP contribution is -2.17. The van der Waals surface area contributed by atoms with E-state index in [-0.39, 0.29) is 5.91 Å². The second kappa shape index (κ2) is 6.96. The highest BCUT2D eigenvalue weighted by atomic mass is 16.6. The van der Waals surface area contributed by atoms with Gasteiger partial charge in [0.05, 0.1) is 12.2 Å². The van der Waals surface area contributed by atoms with Gasteiger partial charge in [-0.25, -0.2) is 0 Å². The number of carbonyl (C=O) groups is 1. The summed E-state index contributed by atoms with van der Waals surface area (Å²) in [6.45, 7) is 3.43. The Bertz CT molecular complexity index is 967. The van der Waals surface area contributed by atoms with Gasteiger partial charge in [0.15, 0.2) is 11.5 Å². The molecular weight excluding hydrogens is 330 g/mol. The number of benzene rings is 3. The van der Waals surface area contributed by atoms with Gasteiger partial charge in [0.25, 0.3) is 5.91 Å². The quantitative estimate of drug-likeness (QED) is 0.764. The summed E-state index contributed by atoms with van der Waals surface area (Å²) >= 11 is 0. The van der Waals surface area contributed by atoms with Gasteiger partial charge in [0, 0.05) is 11.8 Å². The van der Waals surface area contributed by atoms with Crippen molar-refractivity contribution in [1.29, 1.82) is 0 Å². The topological polar surface area (TPSA) is 56.8 Å². The van der Waals surface area contributed by atoms with E-state index in [1.165, 1.54) is 0 Å². The van der Waals surface area contributed by atoms with Crippen molar-refractivity contribution >= 4 is 22.4 Å². The van der Waals surface area contributed by atoms with Crippen LogP contribution in [0.25, 0.3) is 10.8 Å². The Labute approximate surface area is 151 Å². The highest BCUT2D eigenvalue weighted by Crippen LogP contribution is 2.34. The molecular formula is C21H19NO4. The minimum atomic E-state index is -0.220. The monoisotopic (exact) mass is 349 g/mol. The summed E-state index contributed by atoms with van der Waals surface area (Å²) in [5.41, 5.74) is 1.18. The first-order valence-electron chi connectivity index (χ1n) is 8.62. The third kappa shape index (κ3) is 3.04. The molecule has 0 saturated heterocycles. The van der Waals surface area contributed by atoms with Crippen molar-refractivity contribution in [3.8, 4) is 17.2 Å². The fraction of sp³-hybridized carbons (Fsp3) is 0.190. The number of amides is 1. The molecule has 1 amide bonds. The first kappa shape index (κ1) is 16.3. The summed E-state index contributed by atoms with van der Waals surface area (Å²) in [4.78, 5) is 13.0. The summed E-state index contributed by atoms with van der Waals surface area (Å²) in [5.74, 6) is 1.68. The van der Waals surface area contributed by atoms with E-state index in [1.807, 2.05) is 43.3 Å². The molecule has 1 N–H and O–H groups in total. The van der Waals surface area contributed by atoms with Crippen LogP contribution in [0.15, 0.2) is 54.6 Å². The standard InChI is InChI=1S/C21H19NO4/c1-2-24-18-9-7-14-5-3-4-6-16(14)20(18)21(23)22-15-8-10-17-19(13-15)26-12-11-25-17/h3-10,13H,2,11-12H2,1H3,(H,22,23). The number of hydrogen-bond acceptors (Lipinski definition) is 4. The van der Waals surface area contributed by atoms with Crippen LogP contribution >= 0.6 is 0 Å². The van der Waals surface area contributed by atoms with Crippen molar-refractivity contribution in [2.45, 2.75) is 6.92 Å². The molecule has 5 nitrogen and oxygen atoms in total. The third-order valence-electron chi connectivity index (χ3n) is 4.22. The molecule has 5 heteroatoms. The normalized spacial score (nSPS) is 12.7. The zero-order valence-electron chi connectivity index (χ0n) is 14.5. The van der Waals surface area contributed by atoms with Gasteiger partial charge in [-0.2, -0.15) is 0 Å². The number of rotatable bonds is 4. The lowest BCUT2D eigenvalue weighted by molar-refractivity contribution is 0.102. The van der Waals surface area contributed by atoms with Crippen molar-refractivity contribution in [2.24, 2.45) is 0 Å². The van der Waals surface area contributed by atoms with Crippen LogP contribution in [0.3, 0.4) is 0 Å². The Kier molecular flexibility index (Phi) is 4.35. The van der Waals surface area contributed by atoms with Gasteiger partial charge in [-0.3, -0.25) is 4.79 Å². The maximum atomic E-state index is 13.0. The zero-order chi connectivity index (χ0) is 17.9. The molecule has 0 unspecified atom stereocenters. The lowest BCUT2D eigenvalue weighted by Gasteiger charge is -2.19. The summed E-state index contributed by atoms with van der Waals surface area (Å²) in [7, 11) is 0. The molecule has 1 aliphatic heterocycles. The highest BCUT2D eigenvalue weighted by molar-refractivity contribution is 6.15. The van der Waals surface area contributed by atoms with Crippen LogP contribution in [0, 0.1) is 0 Å². The number of fused-ring (bicyclic) bond motifs is 2. The zero-order valence-corrected chi connectivity index (χ0v) is 14.5. The summed E-state index contributed by atoms with van der Waals surface area (Å²) in [6, 6.07) is 16.9. The van der Waals surface area contributed by atoms with Crippen LogP contribution in [-0.2, 0) is 0 Å². The van der Waals surface area contributed by atoms with E-state index in [9.17, 15) is 4.79 Å². The minimum absolute atomic E-state index is 0.220. The molecule has 3 aromatic rings. The maximum absolute atomic E-state index is 13.0. The van der Waals surface area contributed by atoms with Crippen molar-refractivity contribution < 1.29 is 19.0 Å². The van der Waals surface area contributed by atoms with Gasteiger partial charge in [0.1, 0.15) is 19.0 Å². The number of carbonyl (C=O) groups excluding carboxylic acids is 1. The predicted octanol–water partition coefficient (Wildman–Crippen LogP) is 4.26. The number of ether oxygens (including phenoxy) is 3. The molecule has 1 aliphatic rings. The van der Waals surface area contributed by atoms with Crippen molar-refractivity contribution in [1.82, 2.24) is 0 Å². The molecule has 0 aromatic heterocycles. The van der Waals surface area contributed by atoms with Crippen molar-refractivity contribution in [2.75, 3.05) is 25.1 Å². The highest BCUT2D eigenvalue weighted by Gasteiger charge is 2.18. The lowest BCUT2D eigenvalue weighted by atomic mass is 10.0. The van der Waals surface area contributed by atoms with Gasteiger partial charge < -0.3 is 19.5 Å². The van der Waals surface area contributed by atoms with Crippen LogP contribution < -0.4 is 19.5 Å². The van der Waals surface area contributed by atoms with Crippen LogP contribution in [-0.4, -0.2) is 25.7 Å². The fourth-order valence-corrected chi connectivity index (χ4v) is 3.08. The van der Waals surface area contributed by atoms with E-state index in [1.54, 1.807) is 18.2 Å². The van der Waals surface area contributed by atoms with Gasteiger partial charge in [-0.1, -0.05) is 30.3 Å². The molecule has 0 aliphatic carbocycles. The summed E-state index contributed by atoms with van der Waals surface area (Å²) in [5, 5.41) is 4.79. The van der Waals surface area contributed by atoms with Gasteiger partial charge in [-0.05, 0) is 35.9 Å². The predicted molar refractivity (Wildman–Crippen MR) is 101 cm³/mol. The van der Waals surface area contributed by atoms with E-state index >= 15 is 0 Å². The summed E-state index contributed by atoms with van der Waals surface area (Å²) < 4.78 is 16.8. The van der Waals surface area contributed by atoms with Crippen molar-refractivity contribution in [3.05, 3.63) is 60.2 Å². The number of nitrogens with one attached hydrogen (secondary N) is 1. The number of anilines is 1. The third-order valence-corrected chi connectivity index (χ3v) is 4.22. The fourth-order valence-electron chi connectivity index (χ4n) is 3.08. The molecule has 0 bridgehead atoms. The first-order valence-corrected chi connectivity index (χ1v) is 8.62. The molecule has 132 valence electrons. The van der Waals surface area contributed by atoms with Gasteiger partial charge in [0.2, 0.25) is 0 Å². The van der Waals surface area contributed by atoms with E-state index in [2.05, 4.69) is 5.32 Å². The molecule has 0 atom stereocenters. The molecule has 0 radical (unpaired) electrons. The number of hydrogen-bond donors (Lipinski definition) is 1. The molecule has 3 aromatic carbocycles. The molecule has 0 fully saturated rings. The molecule has 1 heterocycles. The van der Waals surface area contributed by atoms with Crippen LogP contribution in [0.1, 0.15) is 17.3 Å². The minimum Gasteiger partial charge on any atom is -0.493 e. The Hall–Kier alpha value is -3.21. The first-order chi connectivity index (χ1) is 12.8. The smallest absolute Gasteiger partial charge is 0.260 e. The average molecular weight is 349 g/mol. The largest absolute Gasteiger partial charge is 0.493 e. The molecule has 0 spiro atoms. The average Bonchev–Trinajstić information content (AvgIpc) is 2.68. The molecule has 26 heavy (non-hydrogen) atoms. The van der Waals surface area contributed by atoms with Crippen LogP contribution in [0.2, 0.25) is 0 Å². The van der Waals surface area contributed by atoms with Crippen LogP contribution in [0.4, 0.5) is 5.69 Å². The Morgan fingerprint density at radius 3 is 2.69 bits per heavy atom. The Morgan fingerprint density at radius 1 is 1.04 bits per heavy atom. The van der Waals surface area contributed by atoms with Gasteiger partial charge >= 0.3 is 0 Å². The van der Waals surface area contributed by atoms with Gasteiger partial charge in [-0.15, -0.1) is 0 Å². The maximum Gasteiger partial charge on any atom is 0.260 e. The second-order valence-electron chi connectivity index (χ2n) is 5.91. The Morgan fingerprint density at radius 2 is 1.85 bits per heavy atom. The van der Waals surface area contributed by atoms with E-state index in [0.717, 1.165) is 10.8 Å². The van der Waals surface area contributed by atoms with E-state index in [4.69, 9.17) is 14.2 Å².